The zero-order chi connectivity index (χ0) is 13.4. The Morgan fingerprint density at radius 3 is 2.68 bits per heavy atom. The van der Waals surface area contributed by atoms with Gasteiger partial charge in [-0.05, 0) is 30.0 Å². The van der Waals surface area contributed by atoms with Gasteiger partial charge in [0.15, 0.2) is 0 Å². The Labute approximate surface area is 117 Å². The lowest BCUT2D eigenvalue weighted by molar-refractivity contribution is 0.0778. The average molecular weight is 281 g/mol. The lowest BCUT2D eigenvalue weighted by Crippen LogP contribution is -2.32. The number of fused-ring (bicyclic) bond motifs is 1. The van der Waals surface area contributed by atoms with Crippen LogP contribution in [0.15, 0.2) is 18.2 Å². The molecule has 0 aliphatic carbocycles. The van der Waals surface area contributed by atoms with E-state index in [1.165, 1.54) is 0 Å². The van der Waals surface area contributed by atoms with Crippen molar-refractivity contribution >= 4 is 17.5 Å². The first kappa shape index (κ1) is 12.8. The molecular weight excluding hydrogens is 264 g/mol. The molecule has 2 aliphatic rings. The number of carbonyl (C=O) groups is 1. The van der Waals surface area contributed by atoms with Gasteiger partial charge in [-0.3, -0.25) is 4.79 Å². The SMILES string of the molecule is COc1cc(Cl)ccc1C(=O)N1CC2CNCC2C1. The third-order valence-electron chi connectivity index (χ3n) is 4.07. The first-order valence-electron chi connectivity index (χ1n) is 6.52. The smallest absolute Gasteiger partial charge is 0.257 e. The molecule has 0 saturated carbocycles. The molecule has 2 heterocycles. The largest absolute Gasteiger partial charge is 0.496 e. The van der Waals surface area contributed by atoms with E-state index in [0.717, 1.165) is 26.2 Å². The van der Waals surface area contributed by atoms with Crippen molar-refractivity contribution < 1.29 is 9.53 Å². The molecule has 0 aromatic heterocycles. The van der Waals surface area contributed by atoms with Crippen LogP contribution in [-0.2, 0) is 0 Å². The van der Waals surface area contributed by atoms with Crippen molar-refractivity contribution in [3.05, 3.63) is 28.8 Å². The number of nitrogens with one attached hydrogen (secondary N) is 1. The highest BCUT2D eigenvalue weighted by Crippen LogP contribution is 2.30. The van der Waals surface area contributed by atoms with Crippen LogP contribution in [0.2, 0.25) is 5.02 Å². The first-order chi connectivity index (χ1) is 9.19. The minimum atomic E-state index is 0.0444. The van der Waals surface area contributed by atoms with E-state index < -0.39 is 0 Å². The fourth-order valence-corrected chi connectivity index (χ4v) is 3.20. The Bertz CT molecular complexity index is 494. The number of hydrogen-bond donors (Lipinski definition) is 1. The van der Waals surface area contributed by atoms with Crippen LogP contribution in [-0.4, -0.2) is 44.1 Å². The van der Waals surface area contributed by atoms with Gasteiger partial charge in [0.25, 0.3) is 5.91 Å². The molecule has 102 valence electrons. The number of amides is 1. The van der Waals surface area contributed by atoms with Gasteiger partial charge in [0.05, 0.1) is 12.7 Å². The maximum atomic E-state index is 12.6. The maximum absolute atomic E-state index is 12.6. The summed E-state index contributed by atoms with van der Waals surface area (Å²) in [5, 5.41) is 3.95. The van der Waals surface area contributed by atoms with E-state index >= 15 is 0 Å². The van der Waals surface area contributed by atoms with Crippen molar-refractivity contribution in [2.75, 3.05) is 33.3 Å². The Balaban J connectivity index is 1.81. The van der Waals surface area contributed by atoms with E-state index in [-0.39, 0.29) is 5.91 Å². The average Bonchev–Trinajstić information content (AvgIpc) is 2.98. The minimum Gasteiger partial charge on any atom is -0.496 e. The first-order valence-corrected chi connectivity index (χ1v) is 6.90. The van der Waals surface area contributed by atoms with Gasteiger partial charge in [0.2, 0.25) is 0 Å². The van der Waals surface area contributed by atoms with E-state index in [1.54, 1.807) is 25.3 Å². The number of ether oxygens (including phenoxy) is 1. The second-order valence-corrected chi connectivity index (χ2v) is 5.67. The number of likely N-dealkylation sites (tertiary alicyclic amines) is 1. The number of nitrogens with zero attached hydrogens (tertiary/aromatic N) is 1. The van der Waals surface area contributed by atoms with Crippen LogP contribution < -0.4 is 10.1 Å². The Hall–Kier alpha value is -1.26. The molecule has 2 aliphatic heterocycles. The van der Waals surface area contributed by atoms with Crippen LogP contribution in [0, 0.1) is 11.8 Å². The summed E-state index contributed by atoms with van der Waals surface area (Å²) in [5.41, 5.74) is 0.597. The quantitative estimate of drug-likeness (QED) is 0.895. The van der Waals surface area contributed by atoms with E-state index in [0.29, 0.717) is 28.2 Å². The van der Waals surface area contributed by atoms with Crippen molar-refractivity contribution in [2.24, 2.45) is 11.8 Å². The topological polar surface area (TPSA) is 41.6 Å². The summed E-state index contributed by atoms with van der Waals surface area (Å²) in [4.78, 5) is 14.5. The van der Waals surface area contributed by atoms with Gasteiger partial charge in [0.1, 0.15) is 5.75 Å². The number of benzene rings is 1. The van der Waals surface area contributed by atoms with Crippen molar-refractivity contribution in [1.82, 2.24) is 10.2 Å². The van der Waals surface area contributed by atoms with Gasteiger partial charge in [0, 0.05) is 31.2 Å². The van der Waals surface area contributed by atoms with Crippen LogP contribution in [0.4, 0.5) is 0 Å². The second-order valence-electron chi connectivity index (χ2n) is 5.23. The number of hydrogen-bond acceptors (Lipinski definition) is 3. The van der Waals surface area contributed by atoms with Crippen LogP contribution in [0.3, 0.4) is 0 Å². The number of halogens is 1. The molecule has 0 bridgehead atoms. The van der Waals surface area contributed by atoms with Gasteiger partial charge in [-0.2, -0.15) is 0 Å². The summed E-state index contributed by atoms with van der Waals surface area (Å²) in [5.74, 6) is 1.79. The Morgan fingerprint density at radius 1 is 1.37 bits per heavy atom. The summed E-state index contributed by atoms with van der Waals surface area (Å²) in [6.07, 6.45) is 0. The molecule has 5 heteroatoms. The van der Waals surface area contributed by atoms with E-state index in [4.69, 9.17) is 16.3 Å². The molecule has 1 aromatic rings. The molecular formula is C14H17ClN2O2. The molecule has 19 heavy (non-hydrogen) atoms. The van der Waals surface area contributed by atoms with Crippen molar-refractivity contribution in [3.8, 4) is 5.75 Å². The monoisotopic (exact) mass is 280 g/mol. The summed E-state index contributed by atoms with van der Waals surface area (Å²) in [6, 6.07) is 5.17. The highest BCUT2D eigenvalue weighted by molar-refractivity contribution is 6.30. The van der Waals surface area contributed by atoms with Gasteiger partial charge >= 0.3 is 0 Å². The van der Waals surface area contributed by atoms with E-state index in [9.17, 15) is 4.79 Å². The number of methoxy groups -OCH3 is 1. The van der Waals surface area contributed by atoms with Crippen LogP contribution in [0.5, 0.6) is 5.75 Å². The molecule has 2 atom stereocenters. The molecule has 0 radical (unpaired) electrons. The van der Waals surface area contributed by atoms with Crippen LogP contribution in [0.1, 0.15) is 10.4 Å². The normalized spacial score (nSPS) is 25.5. The molecule has 4 nitrogen and oxygen atoms in total. The zero-order valence-corrected chi connectivity index (χ0v) is 11.6. The summed E-state index contributed by atoms with van der Waals surface area (Å²) >= 11 is 5.92. The standard InChI is InChI=1S/C14H17ClN2O2/c1-19-13-4-11(15)2-3-12(13)14(18)17-7-9-5-16-6-10(9)8-17/h2-4,9-10,16H,5-8H2,1H3. The number of carbonyl (C=O) groups excluding carboxylic acids is 1. The molecule has 2 unspecified atom stereocenters. The molecule has 3 rings (SSSR count). The van der Waals surface area contributed by atoms with Gasteiger partial charge in [-0.15, -0.1) is 0 Å². The van der Waals surface area contributed by atoms with Crippen molar-refractivity contribution in [3.63, 3.8) is 0 Å². The zero-order valence-electron chi connectivity index (χ0n) is 10.9. The predicted molar refractivity (Wildman–Crippen MR) is 73.8 cm³/mol. The number of rotatable bonds is 2. The summed E-state index contributed by atoms with van der Waals surface area (Å²) in [6.45, 7) is 3.71. The third-order valence-corrected chi connectivity index (χ3v) is 4.31. The van der Waals surface area contributed by atoms with E-state index in [2.05, 4.69) is 5.32 Å². The maximum Gasteiger partial charge on any atom is 0.257 e. The van der Waals surface area contributed by atoms with Gasteiger partial charge in [-0.25, -0.2) is 0 Å². The highest BCUT2D eigenvalue weighted by Gasteiger charge is 2.38. The molecule has 0 spiro atoms. The third kappa shape index (κ3) is 2.30. The summed E-state index contributed by atoms with van der Waals surface area (Å²) < 4.78 is 5.26. The molecule has 2 saturated heterocycles. The molecule has 1 N–H and O–H groups in total. The van der Waals surface area contributed by atoms with Crippen molar-refractivity contribution in [2.45, 2.75) is 0 Å². The fraction of sp³-hybridized carbons (Fsp3) is 0.500. The predicted octanol–water partition coefficient (Wildman–Crippen LogP) is 1.64. The molecule has 1 aromatic carbocycles. The fourth-order valence-electron chi connectivity index (χ4n) is 3.03. The van der Waals surface area contributed by atoms with E-state index in [1.807, 2.05) is 4.90 Å². The van der Waals surface area contributed by atoms with Crippen LogP contribution in [0.25, 0.3) is 0 Å². The van der Waals surface area contributed by atoms with Gasteiger partial charge in [-0.1, -0.05) is 11.6 Å². The van der Waals surface area contributed by atoms with Crippen LogP contribution >= 0.6 is 11.6 Å². The Kier molecular flexibility index (Phi) is 3.37. The second kappa shape index (κ2) is 5.02. The van der Waals surface area contributed by atoms with Crippen molar-refractivity contribution in [1.29, 1.82) is 0 Å². The molecule has 2 fully saturated rings. The summed E-state index contributed by atoms with van der Waals surface area (Å²) in [7, 11) is 1.56. The Morgan fingerprint density at radius 2 is 2.05 bits per heavy atom. The highest BCUT2D eigenvalue weighted by atomic mass is 35.5. The lowest BCUT2D eigenvalue weighted by Gasteiger charge is -2.19. The minimum absolute atomic E-state index is 0.0444. The molecule has 1 amide bonds. The lowest BCUT2D eigenvalue weighted by atomic mass is 10.0. The van der Waals surface area contributed by atoms with Gasteiger partial charge < -0.3 is 15.0 Å².